The van der Waals surface area contributed by atoms with Crippen LogP contribution >= 0.6 is 11.3 Å². The summed E-state index contributed by atoms with van der Waals surface area (Å²) in [5.74, 6) is -0.502. The highest BCUT2D eigenvalue weighted by Gasteiger charge is 2.37. The van der Waals surface area contributed by atoms with Gasteiger partial charge in [-0.3, -0.25) is 14.3 Å². The summed E-state index contributed by atoms with van der Waals surface area (Å²) < 4.78 is 7.01. The van der Waals surface area contributed by atoms with Crippen LogP contribution in [-0.4, -0.2) is 57.8 Å². The fourth-order valence-corrected chi connectivity index (χ4v) is 4.82. The van der Waals surface area contributed by atoms with Crippen LogP contribution in [0.5, 0.6) is 0 Å². The van der Waals surface area contributed by atoms with Crippen molar-refractivity contribution in [2.45, 2.75) is 32.2 Å². The van der Waals surface area contributed by atoms with Crippen LogP contribution in [0.25, 0.3) is 11.3 Å². The topological polar surface area (TPSA) is 89.3 Å². The molecule has 2 amide bonds. The summed E-state index contributed by atoms with van der Waals surface area (Å²) >= 11 is 1.51. The quantitative estimate of drug-likeness (QED) is 0.836. The average Bonchev–Trinajstić information content (AvgIpc) is 3.31. The molecule has 0 radical (unpaired) electrons. The number of aromatic nitrogens is 3. The molecule has 2 aromatic rings. The van der Waals surface area contributed by atoms with Gasteiger partial charge in [-0.1, -0.05) is 0 Å². The van der Waals surface area contributed by atoms with Gasteiger partial charge >= 0.3 is 0 Å². The van der Waals surface area contributed by atoms with E-state index in [2.05, 4.69) is 15.4 Å². The largest absolute Gasteiger partial charge is 0.383 e. The monoisotopic (exact) mass is 389 g/mol. The zero-order valence-electron chi connectivity index (χ0n) is 15.7. The second-order valence-electron chi connectivity index (χ2n) is 7.16. The Balaban J connectivity index is 1.46. The van der Waals surface area contributed by atoms with Gasteiger partial charge in [-0.25, -0.2) is 4.98 Å². The molecule has 1 fully saturated rings. The van der Waals surface area contributed by atoms with Crippen molar-refractivity contribution >= 4 is 28.3 Å². The lowest BCUT2D eigenvalue weighted by molar-refractivity contribution is -0.130. The van der Waals surface area contributed by atoms with Crippen molar-refractivity contribution in [3.63, 3.8) is 0 Å². The van der Waals surface area contributed by atoms with Crippen molar-refractivity contribution in [1.29, 1.82) is 0 Å². The highest BCUT2D eigenvalue weighted by molar-refractivity contribution is 7.16. The predicted octanol–water partition coefficient (Wildman–Crippen LogP) is 1.46. The molecule has 1 N–H and O–H groups in total. The molecule has 3 heterocycles. The van der Waals surface area contributed by atoms with E-state index in [0.29, 0.717) is 18.3 Å². The molecule has 9 heteroatoms. The smallest absolute Gasteiger partial charge is 0.231 e. The number of aryl methyl sites for hydroxylation is 2. The predicted molar refractivity (Wildman–Crippen MR) is 102 cm³/mol. The van der Waals surface area contributed by atoms with Crippen LogP contribution in [0.4, 0.5) is 5.13 Å². The van der Waals surface area contributed by atoms with Crippen LogP contribution in [0.15, 0.2) is 6.20 Å². The summed E-state index contributed by atoms with van der Waals surface area (Å²) in [7, 11) is 3.55. The Morgan fingerprint density at radius 1 is 1.48 bits per heavy atom. The highest BCUT2D eigenvalue weighted by atomic mass is 32.1. The second-order valence-corrected chi connectivity index (χ2v) is 8.24. The maximum Gasteiger partial charge on any atom is 0.231 e. The Morgan fingerprint density at radius 3 is 3.07 bits per heavy atom. The van der Waals surface area contributed by atoms with Crippen molar-refractivity contribution < 1.29 is 14.3 Å². The molecule has 0 spiro atoms. The lowest BCUT2D eigenvalue weighted by Crippen LogP contribution is -2.38. The molecule has 1 saturated heterocycles. The number of likely N-dealkylation sites (tertiary alicyclic amines) is 1. The van der Waals surface area contributed by atoms with Gasteiger partial charge in [-0.15, -0.1) is 11.3 Å². The van der Waals surface area contributed by atoms with Gasteiger partial charge in [-0.05, 0) is 19.8 Å². The normalized spacial score (nSPS) is 19.7. The second kappa shape index (κ2) is 7.05. The molecule has 1 aliphatic carbocycles. The zero-order chi connectivity index (χ0) is 19.1. The fourth-order valence-electron chi connectivity index (χ4n) is 3.85. The number of fused-ring (bicyclic) bond motifs is 3. The Morgan fingerprint density at radius 2 is 2.30 bits per heavy atom. The number of hydrogen-bond donors (Lipinski definition) is 1. The number of anilines is 1. The third-order valence-corrected chi connectivity index (χ3v) is 6.33. The van der Waals surface area contributed by atoms with Crippen LogP contribution < -0.4 is 5.32 Å². The van der Waals surface area contributed by atoms with Crippen LogP contribution in [0, 0.1) is 5.92 Å². The summed E-state index contributed by atoms with van der Waals surface area (Å²) in [6.45, 7) is 2.82. The van der Waals surface area contributed by atoms with Crippen molar-refractivity contribution in [2.24, 2.45) is 13.0 Å². The summed E-state index contributed by atoms with van der Waals surface area (Å²) in [4.78, 5) is 32.4. The Bertz CT molecular complexity index is 890. The van der Waals surface area contributed by atoms with E-state index in [1.54, 1.807) is 12.0 Å². The zero-order valence-corrected chi connectivity index (χ0v) is 16.5. The number of carbonyl (C=O) groups is 2. The SMILES string of the molecule is COC[C@@H](C)N1C[C@H](C(=O)Nc2nc3c(s2)CCc2c-3cnn2C)CC1=O. The first kappa shape index (κ1) is 18.1. The van der Waals surface area contributed by atoms with Gasteiger partial charge in [0, 0.05) is 43.3 Å². The number of ether oxygens (including phenoxy) is 1. The molecule has 2 atom stereocenters. The van der Waals surface area contributed by atoms with Crippen LogP contribution in [0.3, 0.4) is 0 Å². The standard InChI is InChI=1S/C18H23N5O3S/c1-10(9-26-3)23-8-11(6-15(23)24)17(25)21-18-20-16-12-7-19-22(2)13(12)4-5-14(16)27-18/h7,10-11H,4-6,8-9H2,1-3H3,(H,20,21,25)/t10-,11-/m1/s1. The Hall–Kier alpha value is -2.26. The van der Waals surface area contributed by atoms with E-state index in [1.807, 2.05) is 24.9 Å². The Kier molecular flexibility index (Phi) is 4.73. The van der Waals surface area contributed by atoms with Crippen molar-refractivity contribution in [1.82, 2.24) is 19.7 Å². The first-order valence-electron chi connectivity index (χ1n) is 9.08. The van der Waals surface area contributed by atoms with Gasteiger partial charge in [0.25, 0.3) is 0 Å². The molecule has 0 unspecified atom stereocenters. The first-order valence-corrected chi connectivity index (χ1v) is 9.89. The summed E-state index contributed by atoms with van der Waals surface area (Å²) in [6, 6.07) is -0.0310. The van der Waals surface area contributed by atoms with Crippen molar-refractivity contribution in [2.75, 3.05) is 25.6 Å². The van der Waals surface area contributed by atoms with E-state index in [1.165, 1.54) is 21.9 Å². The van der Waals surface area contributed by atoms with E-state index < -0.39 is 0 Å². The van der Waals surface area contributed by atoms with Crippen LogP contribution in [0.2, 0.25) is 0 Å². The van der Waals surface area contributed by atoms with E-state index in [0.717, 1.165) is 24.1 Å². The van der Waals surface area contributed by atoms with Gasteiger partial charge in [-0.2, -0.15) is 5.10 Å². The summed E-state index contributed by atoms with van der Waals surface area (Å²) in [5.41, 5.74) is 3.14. The number of nitrogens with one attached hydrogen (secondary N) is 1. The number of rotatable bonds is 5. The van der Waals surface area contributed by atoms with E-state index in [4.69, 9.17) is 4.74 Å². The molecule has 1 aliphatic heterocycles. The van der Waals surface area contributed by atoms with Crippen LogP contribution in [-0.2, 0) is 34.2 Å². The van der Waals surface area contributed by atoms with Crippen molar-refractivity contribution in [3.05, 3.63) is 16.8 Å². The number of nitrogens with zero attached hydrogens (tertiary/aromatic N) is 4. The van der Waals surface area contributed by atoms with E-state index >= 15 is 0 Å². The molecule has 0 aromatic carbocycles. The lowest BCUT2D eigenvalue weighted by atomic mass is 10.0. The Labute approximate surface area is 161 Å². The number of carbonyl (C=O) groups excluding carboxylic acids is 2. The fraction of sp³-hybridized carbons (Fsp3) is 0.556. The summed E-state index contributed by atoms with van der Waals surface area (Å²) in [5, 5.41) is 7.84. The molecule has 4 rings (SSSR count). The molecule has 27 heavy (non-hydrogen) atoms. The molecule has 2 aromatic heterocycles. The number of thiazole rings is 1. The summed E-state index contributed by atoms with van der Waals surface area (Å²) in [6.07, 6.45) is 3.90. The molecule has 0 bridgehead atoms. The average molecular weight is 389 g/mol. The van der Waals surface area contributed by atoms with Gasteiger partial charge in [0.1, 0.15) is 0 Å². The minimum atomic E-state index is -0.355. The highest BCUT2D eigenvalue weighted by Crippen LogP contribution is 2.38. The number of amides is 2. The molecular formula is C18H23N5O3S. The minimum Gasteiger partial charge on any atom is -0.383 e. The maximum absolute atomic E-state index is 12.7. The van der Waals surface area contributed by atoms with Crippen molar-refractivity contribution in [3.8, 4) is 11.3 Å². The minimum absolute atomic E-state index is 0.00173. The third kappa shape index (κ3) is 3.25. The number of methoxy groups -OCH3 is 1. The molecule has 0 saturated carbocycles. The van der Waals surface area contributed by atoms with Gasteiger partial charge in [0.2, 0.25) is 11.8 Å². The third-order valence-electron chi connectivity index (χ3n) is 5.30. The van der Waals surface area contributed by atoms with E-state index in [9.17, 15) is 9.59 Å². The van der Waals surface area contributed by atoms with E-state index in [-0.39, 0.29) is 30.2 Å². The first-order chi connectivity index (χ1) is 13.0. The van der Waals surface area contributed by atoms with Gasteiger partial charge in [0.15, 0.2) is 5.13 Å². The molecular weight excluding hydrogens is 366 g/mol. The van der Waals surface area contributed by atoms with Crippen LogP contribution in [0.1, 0.15) is 23.9 Å². The molecule has 2 aliphatic rings. The molecule has 8 nitrogen and oxygen atoms in total. The van der Waals surface area contributed by atoms with Gasteiger partial charge < -0.3 is 15.0 Å². The lowest BCUT2D eigenvalue weighted by Gasteiger charge is -2.23. The number of hydrogen-bond acceptors (Lipinski definition) is 6. The molecule has 144 valence electrons. The van der Waals surface area contributed by atoms with Gasteiger partial charge in [0.05, 0.1) is 30.5 Å². The maximum atomic E-state index is 12.7.